The summed E-state index contributed by atoms with van der Waals surface area (Å²) < 4.78 is 0. The molecule has 21 heavy (non-hydrogen) atoms. The second-order valence-corrected chi connectivity index (χ2v) is 6.67. The van der Waals surface area contributed by atoms with E-state index >= 15 is 0 Å². The lowest BCUT2D eigenvalue weighted by Crippen LogP contribution is -2.37. The molecule has 6 heteroatoms. The van der Waals surface area contributed by atoms with Crippen LogP contribution in [0.4, 0.5) is 0 Å². The highest BCUT2D eigenvalue weighted by atomic mass is 35.5. The molecule has 3 rings (SSSR count). The molecule has 4 nitrogen and oxygen atoms in total. The fraction of sp³-hybridized carbons (Fsp3) is 0.933. The van der Waals surface area contributed by atoms with E-state index in [1.165, 1.54) is 19.3 Å². The first-order valence-electron chi connectivity index (χ1n) is 7.98. The van der Waals surface area contributed by atoms with Crippen molar-refractivity contribution in [3.05, 3.63) is 0 Å². The highest BCUT2D eigenvalue weighted by molar-refractivity contribution is 5.85. The number of nitrogens with zero attached hydrogens (tertiary/aromatic N) is 1. The van der Waals surface area contributed by atoms with Crippen molar-refractivity contribution in [3.63, 3.8) is 0 Å². The highest BCUT2D eigenvalue weighted by Crippen LogP contribution is 2.33. The van der Waals surface area contributed by atoms with Crippen molar-refractivity contribution in [2.24, 2.45) is 5.92 Å². The molecule has 1 aliphatic carbocycles. The number of likely N-dealkylation sites (tertiary alicyclic amines) is 1. The van der Waals surface area contributed by atoms with Gasteiger partial charge < -0.3 is 10.6 Å². The fourth-order valence-corrected chi connectivity index (χ4v) is 3.67. The molecule has 3 aliphatic rings. The fourth-order valence-electron chi connectivity index (χ4n) is 3.67. The zero-order chi connectivity index (χ0) is 13.2. The average molecular weight is 338 g/mol. The zero-order valence-corrected chi connectivity index (χ0v) is 14.5. The summed E-state index contributed by atoms with van der Waals surface area (Å²) in [6.07, 6.45) is 6.85. The number of hydrogen-bond donors (Lipinski definition) is 2. The summed E-state index contributed by atoms with van der Waals surface area (Å²) in [7, 11) is 0. The van der Waals surface area contributed by atoms with E-state index in [-0.39, 0.29) is 30.7 Å². The number of amides is 1. The van der Waals surface area contributed by atoms with E-state index in [1.54, 1.807) is 0 Å². The zero-order valence-electron chi connectivity index (χ0n) is 12.8. The molecule has 2 saturated heterocycles. The van der Waals surface area contributed by atoms with E-state index in [1.807, 2.05) is 0 Å². The molecule has 1 saturated carbocycles. The predicted octanol–water partition coefficient (Wildman–Crippen LogP) is 1.96. The quantitative estimate of drug-likeness (QED) is 0.806. The van der Waals surface area contributed by atoms with Gasteiger partial charge in [0.15, 0.2) is 0 Å². The average Bonchev–Trinajstić information content (AvgIpc) is 2.96. The standard InChI is InChI=1S/C15H27N3O.2ClH/c1-11-8-13(10-18(11)14-3-4-14)17-15(19)5-2-12-6-7-16-9-12;;/h11-14,16H,2-10H2,1H3,(H,17,19);2*1H. The molecule has 0 radical (unpaired) electrons. The van der Waals surface area contributed by atoms with Gasteiger partial charge in [0.25, 0.3) is 0 Å². The van der Waals surface area contributed by atoms with Crippen molar-refractivity contribution >= 4 is 30.7 Å². The summed E-state index contributed by atoms with van der Waals surface area (Å²) in [5.74, 6) is 0.984. The summed E-state index contributed by atoms with van der Waals surface area (Å²) >= 11 is 0. The number of hydrogen-bond acceptors (Lipinski definition) is 3. The molecule has 0 spiro atoms. The maximum Gasteiger partial charge on any atom is 0.220 e. The van der Waals surface area contributed by atoms with Crippen LogP contribution >= 0.6 is 24.8 Å². The predicted molar refractivity (Wildman–Crippen MR) is 90.4 cm³/mol. The number of nitrogens with one attached hydrogen (secondary N) is 2. The number of carbonyl (C=O) groups is 1. The molecule has 2 aliphatic heterocycles. The van der Waals surface area contributed by atoms with Crippen LogP contribution in [0.1, 0.15) is 45.4 Å². The van der Waals surface area contributed by atoms with Crippen molar-refractivity contribution in [3.8, 4) is 0 Å². The Morgan fingerprint density at radius 2 is 2.05 bits per heavy atom. The van der Waals surface area contributed by atoms with Crippen LogP contribution in [0.2, 0.25) is 0 Å². The van der Waals surface area contributed by atoms with E-state index in [4.69, 9.17) is 0 Å². The normalized spacial score (nSPS) is 32.3. The molecule has 0 aromatic carbocycles. The Kier molecular flexibility index (Phi) is 7.75. The maximum atomic E-state index is 12.0. The van der Waals surface area contributed by atoms with Gasteiger partial charge >= 0.3 is 0 Å². The van der Waals surface area contributed by atoms with Gasteiger partial charge in [0.1, 0.15) is 0 Å². The Balaban J connectivity index is 0.00000110. The topological polar surface area (TPSA) is 44.4 Å². The van der Waals surface area contributed by atoms with Gasteiger partial charge in [-0.3, -0.25) is 9.69 Å². The molecule has 2 heterocycles. The molecule has 1 amide bonds. The van der Waals surface area contributed by atoms with Crippen LogP contribution < -0.4 is 10.6 Å². The van der Waals surface area contributed by atoms with E-state index in [0.29, 0.717) is 18.5 Å². The second-order valence-electron chi connectivity index (χ2n) is 6.67. The summed E-state index contributed by atoms with van der Waals surface area (Å²) in [5.41, 5.74) is 0. The van der Waals surface area contributed by atoms with Gasteiger partial charge in [-0.05, 0) is 58.0 Å². The Bertz CT molecular complexity index is 333. The lowest BCUT2D eigenvalue weighted by molar-refractivity contribution is -0.122. The first-order valence-corrected chi connectivity index (χ1v) is 7.98. The van der Waals surface area contributed by atoms with E-state index in [9.17, 15) is 4.79 Å². The molecule has 2 N–H and O–H groups in total. The van der Waals surface area contributed by atoms with Crippen LogP contribution in [-0.4, -0.2) is 48.6 Å². The van der Waals surface area contributed by atoms with Crippen molar-refractivity contribution < 1.29 is 4.79 Å². The van der Waals surface area contributed by atoms with Crippen molar-refractivity contribution in [1.29, 1.82) is 0 Å². The third kappa shape index (κ3) is 5.27. The minimum Gasteiger partial charge on any atom is -0.352 e. The molecular weight excluding hydrogens is 309 g/mol. The smallest absolute Gasteiger partial charge is 0.220 e. The number of rotatable bonds is 5. The summed E-state index contributed by atoms with van der Waals surface area (Å²) in [6.45, 7) is 5.60. The number of carbonyl (C=O) groups excluding carboxylic acids is 1. The van der Waals surface area contributed by atoms with E-state index in [2.05, 4.69) is 22.5 Å². The molecule has 124 valence electrons. The van der Waals surface area contributed by atoms with Gasteiger partial charge in [0, 0.05) is 31.1 Å². The molecule has 0 aromatic rings. The van der Waals surface area contributed by atoms with Crippen LogP contribution in [0.3, 0.4) is 0 Å². The molecule has 0 aromatic heterocycles. The minimum absolute atomic E-state index is 0. The third-order valence-corrected chi connectivity index (χ3v) is 4.95. The SMILES string of the molecule is CC1CC(NC(=O)CCC2CCNC2)CN1C1CC1.Cl.Cl. The highest BCUT2D eigenvalue weighted by Gasteiger charge is 2.39. The van der Waals surface area contributed by atoms with E-state index < -0.39 is 0 Å². The Hall–Kier alpha value is -0.0300. The lowest BCUT2D eigenvalue weighted by Gasteiger charge is -2.19. The summed E-state index contributed by atoms with van der Waals surface area (Å²) in [5, 5.41) is 6.61. The summed E-state index contributed by atoms with van der Waals surface area (Å²) in [6, 6.07) is 1.86. The molecular formula is C15H29Cl2N3O. The van der Waals surface area contributed by atoms with Crippen LogP contribution in [0.15, 0.2) is 0 Å². The van der Waals surface area contributed by atoms with Crippen molar-refractivity contribution in [1.82, 2.24) is 15.5 Å². The molecule has 3 fully saturated rings. The van der Waals surface area contributed by atoms with Gasteiger partial charge in [-0.2, -0.15) is 0 Å². The first kappa shape index (κ1) is 19.0. The molecule has 3 unspecified atom stereocenters. The van der Waals surface area contributed by atoms with E-state index in [0.717, 1.165) is 44.4 Å². The number of halogens is 2. The largest absolute Gasteiger partial charge is 0.352 e. The maximum absolute atomic E-state index is 12.0. The van der Waals surface area contributed by atoms with Gasteiger partial charge in [-0.25, -0.2) is 0 Å². The van der Waals surface area contributed by atoms with Gasteiger partial charge in [-0.15, -0.1) is 24.8 Å². The Morgan fingerprint density at radius 1 is 1.29 bits per heavy atom. The Labute approximate surface area is 140 Å². The van der Waals surface area contributed by atoms with Crippen LogP contribution in [0, 0.1) is 5.92 Å². The molecule has 0 bridgehead atoms. The van der Waals surface area contributed by atoms with Crippen LogP contribution in [0.25, 0.3) is 0 Å². The van der Waals surface area contributed by atoms with Gasteiger partial charge in [-0.1, -0.05) is 0 Å². The van der Waals surface area contributed by atoms with Crippen molar-refractivity contribution in [2.75, 3.05) is 19.6 Å². The van der Waals surface area contributed by atoms with Crippen LogP contribution in [0.5, 0.6) is 0 Å². The Morgan fingerprint density at radius 3 is 2.67 bits per heavy atom. The lowest BCUT2D eigenvalue weighted by atomic mass is 10.0. The minimum atomic E-state index is 0. The monoisotopic (exact) mass is 337 g/mol. The second kappa shape index (κ2) is 8.56. The summed E-state index contributed by atoms with van der Waals surface area (Å²) in [4.78, 5) is 14.6. The third-order valence-electron chi connectivity index (χ3n) is 4.95. The van der Waals surface area contributed by atoms with Gasteiger partial charge in [0.2, 0.25) is 5.91 Å². The van der Waals surface area contributed by atoms with Crippen LogP contribution in [-0.2, 0) is 4.79 Å². The van der Waals surface area contributed by atoms with Gasteiger partial charge in [0.05, 0.1) is 0 Å². The first-order chi connectivity index (χ1) is 9.22. The van der Waals surface area contributed by atoms with Crippen molar-refractivity contribution in [2.45, 2.75) is 63.6 Å². The molecule has 3 atom stereocenters.